The molecule has 0 aliphatic carbocycles. The number of aryl methyl sites for hydroxylation is 1. The Morgan fingerprint density at radius 3 is 2.60 bits per heavy atom. The van der Waals surface area contributed by atoms with Crippen LogP contribution in [0.5, 0.6) is 5.88 Å². The highest BCUT2D eigenvalue weighted by atomic mass is 16.5. The molecule has 0 spiro atoms. The van der Waals surface area contributed by atoms with Crippen LogP contribution >= 0.6 is 0 Å². The van der Waals surface area contributed by atoms with Gasteiger partial charge >= 0.3 is 0 Å². The number of nitrogens with one attached hydrogen (secondary N) is 1. The van der Waals surface area contributed by atoms with Gasteiger partial charge in [-0.2, -0.15) is 4.98 Å². The zero-order valence-corrected chi connectivity index (χ0v) is 13.5. The zero-order valence-electron chi connectivity index (χ0n) is 13.5. The van der Waals surface area contributed by atoms with Crippen molar-refractivity contribution in [3.63, 3.8) is 0 Å². The molecule has 0 aliphatic heterocycles. The van der Waals surface area contributed by atoms with Crippen LogP contribution in [-0.2, 0) is 4.74 Å². The molecular formula is C15H27N3O2. The molecule has 1 aromatic heterocycles. The molecule has 1 N–H and O–H groups in total. The minimum absolute atomic E-state index is 0.107. The summed E-state index contributed by atoms with van der Waals surface area (Å²) in [5, 5.41) is 3.29. The van der Waals surface area contributed by atoms with E-state index in [1.807, 2.05) is 26.8 Å². The highest BCUT2D eigenvalue weighted by Gasteiger charge is 2.18. The van der Waals surface area contributed by atoms with Gasteiger partial charge in [0.1, 0.15) is 0 Å². The van der Waals surface area contributed by atoms with Crippen LogP contribution < -0.4 is 10.1 Å². The second-order valence-corrected chi connectivity index (χ2v) is 6.10. The summed E-state index contributed by atoms with van der Waals surface area (Å²) in [6.07, 6.45) is 1.09. The molecule has 0 unspecified atom stereocenters. The smallest absolute Gasteiger partial charge is 0.226 e. The minimum atomic E-state index is 0.107. The average molecular weight is 281 g/mol. The van der Waals surface area contributed by atoms with Crippen molar-refractivity contribution in [1.29, 1.82) is 0 Å². The van der Waals surface area contributed by atoms with Crippen LogP contribution in [0.1, 0.15) is 39.8 Å². The number of hydrogen-bond acceptors (Lipinski definition) is 5. The first kappa shape index (κ1) is 16.7. The van der Waals surface area contributed by atoms with Gasteiger partial charge in [-0.25, -0.2) is 4.98 Å². The lowest BCUT2D eigenvalue weighted by Crippen LogP contribution is -2.25. The van der Waals surface area contributed by atoms with E-state index < -0.39 is 0 Å². The van der Waals surface area contributed by atoms with Crippen LogP contribution in [0.3, 0.4) is 0 Å². The Kier molecular flexibility index (Phi) is 6.20. The first-order valence-electron chi connectivity index (χ1n) is 7.07. The molecule has 0 fully saturated rings. The Bertz CT molecular complexity index is 420. The van der Waals surface area contributed by atoms with Gasteiger partial charge in [0.25, 0.3) is 0 Å². The highest BCUT2D eigenvalue weighted by Crippen LogP contribution is 2.21. The fourth-order valence-corrected chi connectivity index (χ4v) is 1.71. The maximum absolute atomic E-state index is 5.62. The monoisotopic (exact) mass is 281 g/mol. The van der Waals surface area contributed by atoms with Gasteiger partial charge in [-0.3, -0.25) is 0 Å². The highest BCUT2D eigenvalue weighted by molar-refractivity contribution is 5.30. The van der Waals surface area contributed by atoms with Crippen LogP contribution in [0, 0.1) is 12.3 Å². The van der Waals surface area contributed by atoms with Gasteiger partial charge in [0.05, 0.1) is 6.10 Å². The van der Waals surface area contributed by atoms with E-state index in [4.69, 9.17) is 9.47 Å². The fraction of sp³-hybridized carbons (Fsp3) is 0.733. The van der Waals surface area contributed by atoms with Crippen LogP contribution in [0.4, 0.5) is 5.95 Å². The van der Waals surface area contributed by atoms with Crippen molar-refractivity contribution in [2.45, 2.75) is 47.1 Å². The predicted molar refractivity (Wildman–Crippen MR) is 81.3 cm³/mol. The molecule has 0 radical (unpaired) electrons. The number of aromatic nitrogens is 2. The molecule has 0 atom stereocenters. The Hall–Kier alpha value is -1.36. The Morgan fingerprint density at radius 2 is 2.00 bits per heavy atom. The average Bonchev–Trinajstić information content (AvgIpc) is 2.33. The number of anilines is 1. The molecule has 5 heteroatoms. The Morgan fingerprint density at radius 1 is 1.30 bits per heavy atom. The third-order valence-corrected chi connectivity index (χ3v) is 2.90. The maximum Gasteiger partial charge on any atom is 0.226 e. The molecule has 0 amide bonds. The number of nitrogens with zero attached hydrogens (tertiary/aromatic N) is 2. The standard InChI is InChI=1S/C15H27N3O2/c1-11(2)20-13-9-12(3)17-14(18-13)16-10-15(4,5)7-8-19-6/h9,11H,7-8,10H2,1-6H3,(H,16,17,18). The van der Waals surface area contributed by atoms with E-state index in [-0.39, 0.29) is 11.5 Å². The molecule has 0 saturated carbocycles. The molecule has 0 bridgehead atoms. The van der Waals surface area contributed by atoms with E-state index in [0.29, 0.717) is 11.8 Å². The maximum atomic E-state index is 5.62. The van der Waals surface area contributed by atoms with Gasteiger partial charge < -0.3 is 14.8 Å². The van der Waals surface area contributed by atoms with Gasteiger partial charge in [0, 0.05) is 32.0 Å². The lowest BCUT2D eigenvalue weighted by atomic mass is 9.90. The summed E-state index contributed by atoms with van der Waals surface area (Å²) >= 11 is 0. The second kappa shape index (κ2) is 7.43. The molecule has 1 rings (SSSR count). The molecule has 0 saturated heterocycles. The van der Waals surface area contributed by atoms with Gasteiger partial charge in [-0.05, 0) is 32.6 Å². The van der Waals surface area contributed by atoms with E-state index in [9.17, 15) is 0 Å². The molecule has 1 heterocycles. The molecule has 1 aromatic rings. The molecule has 0 aromatic carbocycles. The van der Waals surface area contributed by atoms with E-state index in [2.05, 4.69) is 29.1 Å². The normalized spacial score (nSPS) is 11.8. The number of hydrogen-bond donors (Lipinski definition) is 1. The minimum Gasteiger partial charge on any atom is -0.475 e. The van der Waals surface area contributed by atoms with E-state index in [1.165, 1.54) is 0 Å². The SMILES string of the molecule is COCCC(C)(C)CNc1nc(C)cc(OC(C)C)n1. The summed E-state index contributed by atoms with van der Waals surface area (Å²) in [6.45, 7) is 11.8. The van der Waals surface area contributed by atoms with Crippen molar-refractivity contribution in [2.24, 2.45) is 5.41 Å². The topological polar surface area (TPSA) is 56.3 Å². The van der Waals surface area contributed by atoms with Crippen molar-refractivity contribution < 1.29 is 9.47 Å². The van der Waals surface area contributed by atoms with E-state index in [0.717, 1.165) is 25.3 Å². The Labute approximate surface area is 122 Å². The van der Waals surface area contributed by atoms with Crippen LogP contribution in [-0.4, -0.2) is 36.3 Å². The number of methoxy groups -OCH3 is 1. The van der Waals surface area contributed by atoms with E-state index >= 15 is 0 Å². The summed E-state index contributed by atoms with van der Waals surface area (Å²) in [4.78, 5) is 8.77. The van der Waals surface area contributed by atoms with Crippen molar-refractivity contribution in [2.75, 3.05) is 25.6 Å². The van der Waals surface area contributed by atoms with Crippen LogP contribution in [0.25, 0.3) is 0 Å². The van der Waals surface area contributed by atoms with Gasteiger partial charge in [-0.1, -0.05) is 13.8 Å². The molecule has 20 heavy (non-hydrogen) atoms. The van der Waals surface area contributed by atoms with Crippen molar-refractivity contribution in [3.05, 3.63) is 11.8 Å². The molecule has 0 aliphatic rings. The first-order chi connectivity index (χ1) is 9.32. The predicted octanol–water partition coefficient (Wildman–Crippen LogP) is 3.05. The van der Waals surface area contributed by atoms with Crippen molar-refractivity contribution in [3.8, 4) is 5.88 Å². The van der Waals surface area contributed by atoms with Gasteiger partial charge in [0.2, 0.25) is 11.8 Å². The van der Waals surface area contributed by atoms with Gasteiger partial charge in [-0.15, -0.1) is 0 Å². The second-order valence-electron chi connectivity index (χ2n) is 6.10. The molecular weight excluding hydrogens is 254 g/mol. The van der Waals surface area contributed by atoms with E-state index in [1.54, 1.807) is 7.11 Å². The summed E-state index contributed by atoms with van der Waals surface area (Å²) in [5.74, 6) is 1.23. The Balaban J connectivity index is 2.65. The quantitative estimate of drug-likeness (QED) is 0.793. The van der Waals surface area contributed by atoms with Crippen molar-refractivity contribution in [1.82, 2.24) is 9.97 Å². The lowest BCUT2D eigenvalue weighted by molar-refractivity contribution is 0.157. The summed E-state index contributed by atoms with van der Waals surface area (Å²) in [6, 6.07) is 1.85. The third-order valence-electron chi connectivity index (χ3n) is 2.90. The largest absolute Gasteiger partial charge is 0.475 e. The summed E-state index contributed by atoms with van der Waals surface area (Å²) < 4.78 is 10.8. The zero-order chi connectivity index (χ0) is 15.2. The number of rotatable bonds is 8. The first-order valence-corrected chi connectivity index (χ1v) is 7.07. The molecule has 114 valence electrons. The fourth-order valence-electron chi connectivity index (χ4n) is 1.71. The lowest BCUT2D eigenvalue weighted by Gasteiger charge is -2.24. The van der Waals surface area contributed by atoms with Crippen LogP contribution in [0.2, 0.25) is 0 Å². The van der Waals surface area contributed by atoms with Crippen LogP contribution in [0.15, 0.2) is 6.07 Å². The van der Waals surface area contributed by atoms with Gasteiger partial charge in [0.15, 0.2) is 0 Å². The summed E-state index contributed by atoms with van der Waals surface area (Å²) in [5.41, 5.74) is 1.02. The summed E-state index contributed by atoms with van der Waals surface area (Å²) in [7, 11) is 1.72. The third kappa shape index (κ3) is 6.19. The van der Waals surface area contributed by atoms with Crippen molar-refractivity contribution >= 4 is 5.95 Å². The molecule has 5 nitrogen and oxygen atoms in total. The number of ether oxygens (including phenoxy) is 2.